The molecule has 1 N–H and O–H groups in total. The number of nitrogens with zero attached hydrogens (tertiary/aromatic N) is 1. The number of hydrogen-bond acceptors (Lipinski definition) is 2. The van der Waals surface area contributed by atoms with Crippen LogP contribution in [0.1, 0.15) is 59.8 Å². The van der Waals surface area contributed by atoms with E-state index in [0.717, 1.165) is 24.7 Å². The molecule has 17 heavy (non-hydrogen) atoms. The van der Waals surface area contributed by atoms with Crippen LogP contribution in [0.5, 0.6) is 0 Å². The molecule has 0 aromatic heterocycles. The third-order valence-electron chi connectivity index (χ3n) is 4.74. The maximum absolute atomic E-state index is 9.93. The average molecular weight is 241 g/mol. The molecule has 1 fully saturated rings. The fourth-order valence-corrected chi connectivity index (χ4v) is 3.53. The molecule has 2 heteroatoms. The fraction of sp³-hybridized carbons (Fsp3) is 1.00. The van der Waals surface area contributed by atoms with E-state index in [-0.39, 0.29) is 6.10 Å². The van der Waals surface area contributed by atoms with Gasteiger partial charge in [-0.3, -0.25) is 0 Å². The number of hydrogen-bond donors (Lipinski definition) is 1. The molecule has 0 aromatic carbocycles. The summed E-state index contributed by atoms with van der Waals surface area (Å²) in [5.41, 5.74) is 0. The van der Waals surface area contributed by atoms with Crippen LogP contribution in [0.3, 0.4) is 0 Å². The first-order valence-corrected chi connectivity index (χ1v) is 7.41. The van der Waals surface area contributed by atoms with Crippen LogP contribution in [0.2, 0.25) is 0 Å². The second kappa shape index (κ2) is 6.75. The van der Waals surface area contributed by atoms with E-state index >= 15 is 0 Å². The molecule has 1 aliphatic rings. The van der Waals surface area contributed by atoms with Crippen LogP contribution in [0.4, 0.5) is 0 Å². The highest BCUT2D eigenvalue weighted by Crippen LogP contribution is 2.34. The predicted molar refractivity (Wildman–Crippen MR) is 74.1 cm³/mol. The van der Waals surface area contributed by atoms with E-state index < -0.39 is 0 Å². The SMILES string of the molecule is CCC(CC)N(C)C1CC(O)CCC1C(C)C. The Morgan fingerprint density at radius 3 is 2.24 bits per heavy atom. The summed E-state index contributed by atoms with van der Waals surface area (Å²) in [5.74, 6) is 1.48. The van der Waals surface area contributed by atoms with E-state index in [1.54, 1.807) is 0 Å². The maximum Gasteiger partial charge on any atom is 0.0555 e. The van der Waals surface area contributed by atoms with Gasteiger partial charge in [0.25, 0.3) is 0 Å². The highest BCUT2D eigenvalue weighted by atomic mass is 16.3. The van der Waals surface area contributed by atoms with Crippen molar-refractivity contribution < 1.29 is 5.11 Å². The van der Waals surface area contributed by atoms with Crippen molar-refractivity contribution in [3.63, 3.8) is 0 Å². The quantitative estimate of drug-likeness (QED) is 0.798. The molecular weight excluding hydrogens is 210 g/mol. The molecule has 102 valence electrons. The second-order valence-electron chi connectivity index (χ2n) is 6.08. The number of aliphatic hydroxyl groups excluding tert-OH is 1. The molecule has 0 bridgehead atoms. The fourth-order valence-electron chi connectivity index (χ4n) is 3.53. The van der Waals surface area contributed by atoms with Gasteiger partial charge in [0.1, 0.15) is 0 Å². The molecule has 1 rings (SSSR count). The third-order valence-corrected chi connectivity index (χ3v) is 4.74. The van der Waals surface area contributed by atoms with E-state index in [4.69, 9.17) is 0 Å². The summed E-state index contributed by atoms with van der Waals surface area (Å²) in [6, 6.07) is 1.25. The Balaban J connectivity index is 2.74. The lowest BCUT2D eigenvalue weighted by molar-refractivity contribution is 0.00401. The van der Waals surface area contributed by atoms with Gasteiger partial charge in [-0.1, -0.05) is 27.7 Å². The summed E-state index contributed by atoms with van der Waals surface area (Å²) in [5, 5.41) is 9.93. The van der Waals surface area contributed by atoms with Gasteiger partial charge in [-0.2, -0.15) is 0 Å². The van der Waals surface area contributed by atoms with Gasteiger partial charge in [-0.15, -0.1) is 0 Å². The Hall–Kier alpha value is -0.0800. The van der Waals surface area contributed by atoms with Gasteiger partial charge in [-0.05, 0) is 51.0 Å². The molecule has 0 spiro atoms. The lowest BCUT2D eigenvalue weighted by Gasteiger charge is -2.44. The topological polar surface area (TPSA) is 23.5 Å². The Bertz CT molecular complexity index is 213. The zero-order chi connectivity index (χ0) is 13.0. The molecule has 0 radical (unpaired) electrons. The first-order chi connectivity index (χ1) is 8.01. The minimum Gasteiger partial charge on any atom is -0.393 e. The highest BCUT2D eigenvalue weighted by Gasteiger charge is 2.35. The minimum absolute atomic E-state index is 0.0770. The van der Waals surface area contributed by atoms with Gasteiger partial charge in [0.2, 0.25) is 0 Å². The third kappa shape index (κ3) is 3.69. The van der Waals surface area contributed by atoms with E-state index in [9.17, 15) is 5.11 Å². The molecule has 1 aliphatic carbocycles. The second-order valence-corrected chi connectivity index (χ2v) is 6.08. The van der Waals surface area contributed by atoms with Crippen LogP contribution in [-0.4, -0.2) is 35.2 Å². The molecule has 0 aromatic rings. The van der Waals surface area contributed by atoms with Crippen molar-refractivity contribution in [1.29, 1.82) is 0 Å². The largest absolute Gasteiger partial charge is 0.393 e. The molecular formula is C15H31NO. The van der Waals surface area contributed by atoms with Crippen molar-refractivity contribution in [3.05, 3.63) is 0 Å². The highest BCUT2D eigenvalue weighted by molar-refractivity contribution is 4.89. The van der Waals surface area contributed by atoms with E-state index in [1.807, 2.05) is 0 Å². The maximum atomic E-state index is 9.93. The molecule has 0 amide bonds. The van der Waals surface area contributed by atoms with Crippen LogP contribution in [0, 0.1) is 11.8 Å². The molecule has 3 unspecified atom stereocenters. The summed E-state index contributed by atoms with van der Waals surface area (Å²) in [7, 11) is 2.26. The van der Waals surface area contributed by atoms with E-state index in [2.05, 4.69) is 39.6 Å². The smallest absolute Gasteiger partial charge is 0.0555 e. The lowest BCUT2D eigenvalue weighted by Crippen LogP contribution is -2.49. The van der Waals surface area contributed by atoms with Gasteiger partial charge >= 0.3 is 0 Å². The van der Waals surface area contributed by atoms with Crippen molar-refractivity contribution in [2.24, 2.45) is 11.8 Å². The Morgan fingerprint density at radius 2 is 1.76 bits per heavy atom. The first kappa shape index (κ1) is 15.0. The predicted octanol–water partition coefficient (Wildman–Crippen LogP) is 3.29. The zero-order valence-corrected chi connectivity index (χ0v) is 12.3. The molecule has 2 nitrogen and oxygen atoms in total. The van der Waals surface area contributed by atoms with Crippen LogP contribution < -0.4 is 0 Å². The summed E-state index contributed by atoms with van der Waals surface area (Å²) >= 11 is 0. The Kier molecular flexibility index (Phi) is 5.94. The molecule has 0 heterocycles. The molecule has 1 saturated carbocycles. The first-order valence-electron chi connectivity index (χ1n) is 7.41. The van der Waals surface area contributed by atoms with Gasteiger partial charge in [-0.25, -0.2) is 0 Å². The monoisotopic (exact) mass is 241 g/mol. The minimum atomic E-state index is -0.0770. The van der Waals surface area contributed by atoms with Gasteiger partial charge < -0.3 is 10.0 Å². The normalized spacial score (nSPS) is 30.5. The zero-order valence-electron chi connectivity index (χ0n) is 12.3. The Labute approximate surface area is 107 Å². The van der Waals surface area contributed by atoms with Crippen LogP contribution in [-0.2, 0) is 0 Å². The van der Waals surface area contributed by atoms with Gasteiger partial charge in [0.05, 0.1) is 6.10 Å². The van der Waals surface area contributed by atoms with Crippen molar-refractivity contribution >= 4 is 0 Å². The molecule has 0 aliphatic heterocycles. The van der Waals surface area contributed by atoms with E-state index in [0.29, 0.717) is 12.1 Å². The average Bonchev–Trinajstić information content (AvgIpc) is 2.29. The summed E-state index contributed by atoms with van der Waals surface area (Å²) in [6.45, 7) is 9.20. The van der Waals surface area contributed by atoms with Gasteiger partial charge in [0, 0.05) is 12.1 Å². The van der Waals surface area contributed by atoms with Crippen molar-refractivity contribution in [2.45, 2.75) is 78.0 Å². The summed E-state index contributed by atoms with van der Waals surface area (Å²) in [6.07, 6.45) is 5.50. The molecule has 0 saturated heterocycles. The Morgan fingerprint density at radius 1 is 1.18 bits per heavy atom. The van der Waals surface area contributed by atoms with Crippen molar-refractivity contribution in [1.82, 2.24) is 4.90 Å². The number of aliphatic hydroxyl groups is 1. The number of rotatable bonds is 5. The van der Waals surface area contributed by atoms with E-state index in [1.165, 1.54) is 19.3 Å². The summed E-state index contributed by atoms with van der Waals surface area (Å²) < 4.78 is 0. The van der Waals surface area contributed by atoms with Crippen molar-refractivity contribution in [2.75, 3.05) is 7.05 Å². The molecule has 3 atom stereocenters. The van der Waals surface area contributed by atoms with Crippen molar-refractivity contribution in [3.8, 4) is 0 Å². The standard InChI is InChI=1S/C15H31NO/c1-6-12(7-2)16(5)15-10-13(17)8-9-14(15)11(3)4/h11-15,17H,6-10H2,1-5H3. The summed E-state index contributed by atoms with van der Waals surface area (Å²) in [4.78, 5) is 2.55. The van der Waals surface area contributed by atoms with Crippen LogP contribution >= 0.6 is 0 Å². The van der Waals surface area contributed by atoms with Crippen LogP contribution in [0.15, 0.2) is 0 Å². The van der Waals surface area contributed by atoms with Gasteiger partial charge in [0.15, 0.2) is 0 Å². The lowest BCUT2D eigenvalue weighted by atomic mass is 9.75. The van der Waals surface area contributed by atoms with Crippen LogP contribution in [0.25, 0.3) is 0 Å².